The van der Waals surface area contributed by atoms with Crippen molar-refractivity contribution in [3.05, 3.63) is 29.1 Å². The fraction of sp³-hybridized carbons (Fsp3) is 0.500. The maximum Gasteiger partial charge on any atom is 0.498 e. The normalized spacial score (nSPS) is 19.8. The van der Waals surface area contributed by atoms with E-state index in [0.29, 0.717) is 0 Å². The predicted octanol–water partition coefficient (Wildman–Crippen LogP) is 1.32. The van der Waals surface area contributed by atoms with Gasteiger partial charge in [-0.1, -0.05) is 6.07 Å². The maximum absolute atomic E-state index is 14.5. The lowest BCUT2D eigenvalue weighted by Gasteiger charge is -2.32. The lowest BCUT2D eigenvalue weighted by Crippen LogP contribution is -2.41. The number of benzene rings is 1. The Morgan fingerprint density at radius 2 is 1.76 bits per heavy atom. The minimum atomic E-state index is -1.38. The maximum atomic E-state index is 14.5. The topological polar surface area (TPSA) is 76.0 Å². The van der Waals surface area contributed by atoms with E-state index >= 15 is 0 Å². The first-order valence-corrected chi connectivity index (χ1v) is 6.62. The monoisotopic (exact) mass is 296 g/mol. The summed E-state index contributed by atoms with van der Waals surface area (Å²) in [5.74, 6) is -2.32. The average molecular weight is 296 g/mol. The van der Waals surface area contributed by atoms with Crippen LogP contribution in [0.5, 0.6) is 0 Å². The number of hydrogen-bond acceptors (Lipinski definition) is 4. The van der Waals surface area contributed by atoms with Crippen molar-refractivity contribution in [3.8, 4) is 0 Å². The summed E-state index contributed by atoms with van der Waals surface area (Å²) in [7, 11) is -1.06. The zero-order chi connectivity index (χ0) is 16.0. The van der Waals surface area contributed by atoms with Crippen LogP contribution in [0.15, 0.2) is 12.1 Å². The Hall–Kier alpha value is -1.44. The van der Waals surface area contributed by atoms with Gasteiger partial charge in [0.2, 0.25) is 0 Å². The molecule has 0 saturated carbocycles. The van der Waals surface area contributed by atoms with Crippen LogP contribution in [0.4, 0.5) is 4.39 Å². The van der Waals surface area contributed by atoms with Gasteiger partial charge in [0.1, 0.15) is 5.82 Å². The molecule has 7 heteroatoms. The summed E-state index contributed by atoms with van der Waals surface area (Å²) < 4.78 is 26.0. The second-order valence-corrected chi connectivity index (χ2v) is 6.05. The SMILES string of the molecule is CC1(C)OB(c2c(CO)ccc(C(=O)O)c2F)OC1(C)C. The quantitative estimate of drug-likeness (QED) is 0.823. The van der Waals surface area contributed by atoms with Crippen LogP contribution in [-0.2, 0) is 15.9 Å². The summed E-state index contributed by atoms with van der Waals surface area (Å²) in [4.78, 5) is 11.1. The average Bonchev–Trinajstić information content (AvgIpc) is 2.56. The van der Waals surface area contributed by atoms with Crippen LogP contribution >= 0.6 is 0 Å². The third-order valence-corrected chi connectivity index (χ3v) is 4.16. The van der Waals surface area contributed by atoms with Crippen LogP contribution in [0.3, 0.4) is 0 Å². The standard InChI is InChI=1S/C14H18BFO5/c1-13(2)14(3,4)21-15(20-13)10-8(7-17)5-6-9(11(10)16)12(18)19/h5-6,17H,7H2,1-4H3,(H,18,19). The van der Waals surface area contributed by atoms with Crippen LogP contribution in [0.2, 0.25) is 0 Å². The molecule has 1 saturated heterocycles. The van der Waals surface area contributed by atoms with Crippen molar-refractivity contribution >= 4 is 18.6 Å². The van der Waals surface area contributed by atoms with E-state index in [-0.39, 0.29) is 11.0 Å². The number of carboxylic acids is 1. The number of carbonyl (C=O) groups is 1. The Kier molecular flexibility index (Phi) is 3.86. The van der Waals surface area contributed by atoms with Gasteiger partial charge in [0, 0.05) is 5.46 Å². The minimum Gasteiger partial charge on any atom is -0.478 e. The Bertz CT molecular complexity index is 569. The summed E-state index contributed by atoms with van der Waals surface area (Å²) in [5.41, 5.74) is -1.66. The van der Waals surface area contributed by atoms with Gasteiger partial charge in [0.15, 0.2) is 0 Å². The molecule has 1 aromatic carbocycles. The van der Waals surface area contributed by atoms with Crippen molar-refractivity contribution in [2.24, 2.45) is 0 Å². The highest BCUT2D eigenvalue weighted by Crippen LogP contribution is 2.37. The van der Waals surface area contributed by atoms with Crippen molar-refractivity contribution in [1.82, 2.24) is 0 Å². The molecule has 0 amide bonds. The second-order valence-electron chi connectivity index (χ2n) is 6.05. The number of hydrogen-bond donors (Lipinski definition) is 2. The highest BCUT2D eigenvalue weighted by molar-refractivity contribution is 6.62. The highest BCUT2D eigenvalue weighted by Gasteiger charge is 2.53. The van der Waals surface area contributed by atoms with Crippen molar-refractivity contribution in [2.45, 2.75) is 45.5 Å². The summed E-state index contributed by atoms with van der Waals surface area (Å²) in [6.45, 7) is 6.81. The molecule has 0 unspecified atom stereocenters. The van der Waals surface area contributed by atoms with Crippen LogP contribution in [-0.4, -0.2) is 34.5 Å². The van der Waals surface area contributed by atoms with Crippen molar-refractivity contribution in [1.29, 1.82) is 0 Å². The minimum absolute atomic E-state index is 0.0592. The van der Waals surface area contributed by atoms with Gasteiger partial charge in [0.05, 0.1) is 23.4 Å². The first-order chi connectivity index (χ1) is 9.60. The number of carboxylic acid groups (broad SMARTS) is 1. The molecule has 21 heavy (non-hydrogen) atoms. The van der Waals surface area contributed by atoms with E-state index < -0.39 is 42.3 Å². The van der Waals surface area contributed by atoms with Crippen LogP contribution in [0.25, 0.3) is 0 Å². The number of rotatable bonds is 3. The molecule has 114 valence electrons. The Morgan fingerprint density at radius 1 is 1.24 bits per heavy atom. The Labute approximate surface area is 122 Å². The first-order valence-electron chi connectivity index (χ1n) is 6.62. The van der Waals surface area contributed by atoms with Gasteiger partial charge in [-0.25, -0.2) is 9.18 Å². The molecule has 1 heterocycles. The second kappa shape index (κ2) is 5.08. The lowest BCUT2D eigenvalue weighted by molar-refractivity contribution is 0.00578. The van der Waals surface area contributed by atoms with Crippen LogP contribution in [0, 0.1) is 5.82 Å². The van der Waals surface area contributed by atoms with Crippen molar-refractivity contribution in [3.63, 3.8) is 0 Å². The van der Waals surface area contributed by atoms with Gasteiger partial charge in [-0.2, -0.15) is 0 Å². The number of aliphatic hydroxyl groups excluding tert-OH is 1. The van der Waals surface area contributed by atoms with E-state index in [1.54, 1.807) is 0 Å². The third kappa shape index (κ3) is 2.56. The van der Waals surface area contributed by atoms with Gasteiger partial charge < -0.3 is 19.5 Å². The molecular weight excluding hydrogens is 278 g/mol. The van der Waals surface area contributed by atoms with Gasteiger partial charge in [-0.05, 0) is 39.3 Å². The van der Waals surface area contributed by atoms with Crippen molar-refractivity contribution < 1.29 is 28.7 Å². The van der Waals surface area contributed by atoms with E-state index in [9.17, 15) is 14.3 Å². The largest absolute Gasteiger partial charge is 0.498 e. The number of aliphatic hydroxyl groups is 1. The molecule has 1 aliphatic heterocycles. The fourth-order valence-electron chi connectivity index (χ4n) is 2.15. The van der Waals surface area contributed by atoms with Crippen LogP contribution in [0.1, 0.15) is 43.6 Å². The van der Waals surface area contributed by atoms with Gasteiger partial charge in [-0.15, -0.1) is 0 Å². The highest BCUT2D eigenvalue weighted by atomic mass is 19.1. The molecule has 2 rings (SSSR count). The number of halogens is 1. The van der Waals surface area contributed by atoms with Gasteiger partial charge in [0.25, 0.3) is 0 Å². The molecule has 0 aromatic heterocycles. The zero-order valence-corrected chi connectivity index (χ0v) is 12.4. The predicted molar refractivity (Wildman–Crippen MR) is 75.0 cm³/mol. The van der Waals surface area contributed by atoms with Gasteiger partial charge >= 0.3 is 13.1 Å². The summed E-state index contributed by atoms with van der Waals surface area (Å²) in [6.07, 6.45) is 0. The Morgan fingerprint density at radius 3 is 2.19 bits per heavy atom. The van der Waals surface area contributed by atoms with Gasteiger partial charge in [-0.3, -0.25) is 0 Å². The third-order valence-electron chi connectivity index (χ3n) is 4.16. The molecule has 5 nitrogen and oxygen atoms in total. The molecule has 2 N–H and O–H groups in total. The van der Waals surface area contributed by atoms with Crippen LogP contribution < -0.4 is 5.46 Å². The molecule has 0 bridgehead atoms. The van der Waals surface area contributed by atoms with Crippen molar-refractivity contribution in [2.75, 3.05) is 0 Å². The Balaban J connectivity index is 2.54. The smallest absolute Gasteiger partial charge is 0.478 e. The summed E-state index contributed by atoms with van der Waals surface area (Å²) in [6, 6.07) is 2.49. The van der Waals surface area contributed by atoms with E-state index in [1.807, 2.05) is 27.7 Å². The van der Waals surface area contributed by atoms with E-state index in [0.717, 1.165) is 6.07 Å². The molecule has 1 aromatic rings. The molecule has 1 aliphatic rings. The number of aromatic carboxylic acids is 1. The van der Waals surface area contributed by atoms with E-state index in [4.69, 9.17) is 14.4 Å². The zero-order valence-electron chi connectivity index (χ0n) is 12.4. The molecule has 0 atom stereocenters. The van der Waals surface area contributed by atoms with E-state index in [2.05, 4.69) is 0 Å². The fourth-order valence-corrected chi connectivity index (χ4v) is 2.15. The lowest BCUT2D eigenvalue weighted by atomic mass is 9.74. The summed E-state index contributed by atoms with van der Waals surface area (Å²) >= 11 is 0. The molecular formula is C14H18BFO5. The summed E-state index contributed by atoms with van der Waals surface area (Å²) in [5, 5.41) is 18.4. The molecule has 1 fully saturated rings. The van der Waals surface area contributed by atoms with E-state index in [1.165, 1.54) is 6.07 Å². The molecule has 0 aliphatic carbocycles. The molecule has 0 spiro atoms. The molecule has 0 radical (unpaired) electrons. The first kappa shape index (κ1) is 15.9.